The van der Waals surface area contributed by atoms with E-state index in [1.54, 1.807) is 28.6 Å². The van der Waals surface area contributed by atoms with E-state index < -0.39 is 10.0 Å². The van der Waals surface area contributed by atoms with Crippen LogP contribution in [0, 0.1) is 6.92 Å². The Morgan fingerprint density at radius 3 is 2.48 bits per heavy atom. The Kier molecular flexibility index (Phi) is 4.41. The quantitative estimate of drug-likeness (QED) is 0.861. The van der Waals surface area contributed by atoms with Gasteiger partial charge in [0.1, 0.15) is 10.6 Å². The first-order chi connectivity index (χ1) is 11.0. The molecule has 2 aromatic rings. The van der Waals surface area contributed by atoms with E-state index in [2.05, 4.69) is 0 Å². The van der Waals surface area contributed by atoms with Gasteiger partial charge in [-0.15, -0.1) is 0 Å². The highest BCUT2D eigenvalue weighted by molar-refractivity contribution is 7.89. The summed E-state index contributed by atoms with van der Waals surface area (Å²) in [4.78, 5) is 0.238. The fourth-order valence-electron chi connectivity index (χ4n) is 3.11. The first-order valence-corrected chi connectivity index (χ1v) is 9.19. The van der Waals surface area contributed by atoms with Crippen molar-refractivity contribution in [1.29, 1.82) is 0 Å². The maximum atomic E-state index is 13.1. The summed E-state index contributed by atoms with van der Waals surface area (Å²) in [5.41, 5.74) is 2.22. The molecule has 23 heavy (non-hydrogen) atoms. The van der Waals surface area contributed by atoms with Gasteiger partial charge in [0.05, 0.1) is 13.2 Å². The zero-order chi connectivity index (χ0) is 16.4. The first kappa shape index (κ1) is 16.0. The minimum Gasteiger partial charge on any atom is -0.495 e. The third-order valence-corrected chi connectivity index (χ3v) is 6.27. The van der Waals surface area contributed by atoms with Crippen LogP contribution in [0.15, 0.2) is 53.4 Å². The summed E-state index contributed by atoms with van der Waals surface area (Å²) in [6.07, 6.45) is 1.71. The second kappa shape index (κ2) is 6.34. The van der Waals surface area contributed by atoms with Gasteiger partial charge in [-0.05, 0) is 37.5 Å². The summed E-state index contributed by atoms with van der Waals surface area (Å²) in [6, 6.07) is 14.8. The van der Waals surface area contributed by atoms with Gasteiger partial charge in [-0.1, -0.05) is 42.0 Å². The van der Waals surface area contributed by atoms with Gasteiger partial charge in [0.15, 0.2) is 0 Å². The smallest absolute Gasteiger partial charge is 0.247 e. The van der Waals surface area contributed by atoms with Gasteiger partial charge in [0, 0.05) is 6.54 Å². The lowest BCUT2D eigenvalue weighted by Gasteiger charge is -2.25. The van der Waals surface area contributed by atoms with E-state index in [1.165, 1.54) is 12.7 Å². The number of aryl methyl sites for hydroxylation is 1. The SMILES string of the molecule is COc1ccccc1S(=O)(=O)N1CCCC1c1ccc(C)cc1. The summed E-state index contributed by atoms with van der Waals surface area (Å²) in [5, 5.41) is 0. The van der Waals surface area contributed by atoms with E-state index in [0.717, 1.165) is 18.4 Å². The second-order valence-corrected chi connectivity index (χ2v) is 7.69. The van der Waals surface area contributed by atoms with Crippen LogP contribution in [0.25, 0.3) is 0 Å². The average Bonchev–Trinajstić information content (AvgIpc) is 3.06. The number of benzene rings is 2. The molecule has 1 atom stereocenters. The molecule has 0 aliphatic carbocycles. The number of nitrogens with zero attached hydrogens (tertiary/aromatic N) is 1. The molecule has 1 fully saturated rings. The van der Waals surface area contributed by atoms with Crippen molar-refractivity contribution in [3.8, 4) is 5.75 Å². The van der Waals surface area contributed by atoms with Gasteiger partial charge in [0.2, 0.25) is 10.0 Å². The topological polar surface area (TPSA) is 46.6 Å². The van der Waals surface area contributed by atoms with Gasteiger partial charge < -0.3 is 4.74 Å². The molecule has 1 unspecified atom stereocenters. The van der Waals surface area contributed by atoms with Crippen LogP contribution in [0.2, 0.25) is 0 Å². The molecule has 1 heterocycles. The number of hydrogen-bond acceptors (Lipinski definition) is 3. The normalized spacial score (nSPS) is 19.0. The van der Waals surface area contributed by atoms with Gasteiger partial charge in [-0.25, -0.2) is 8.42 Å². The molecule has 0 bridgehead atoms. The van der Waals surface area contributed by atoms with Gasteiger partial charge in [0.25, 0.3) is 0 Å². The Morgan fingerprint density at radius 1 is 1.09 bits per heavy atom. The molecular formula is C18H21NO3S. The van der Waals surface area contributed by atoms with E-state index in [-0.39, 0.29) is 10.9 Å². The van der Waals surface area contributed by atoms with Gasteiger partial charge in [-0.3, -0.25) is 0 Å². The zero-order valence-electron chi connectivity index (χ0n) is 13.4. The van der Waals surface area contributed by atoms with Crippen LogP contribution in [0.3, 0.4) is 0 Å². The Bertz CT molecular complexity index is 784. The molecule has 0 saturated carbocycles. The third kappa shape index (κ3) is 2.99. The van der Waals surface area contributed by atoms with Crippen molar-refractivity contribution in [1.82, 2.24) is 4.31 Å². The third-order valence-electron chi connectivity index (χ3n) is 4.32. The largest absolute Gasteiger partial charge is 0.495 e. The number of hydrogen-bond donors (Lipinski definition) is 0. The second-order valence-electron chi connectivity index (χ2n) is 5.84. The highest BCUT2D eigenvalue weighted by Crippen LogP contribution is 2.38. The van der Waals surface area contributed by atoms with Crippen molar-refractivity contribution in [3.63, 3.8) is 0 Å². The van der Waals surface area contributed by atoms with Crippen molar-refractivity contribution in [2.75, 3.05) is 13.7 Å². The van der Waals surface area contributed by atoms with Crippen LogP contribution in [-0.4, -0.2) is 26.4 Å². The minimum atomic E-state index is -3.58. The molecule has 1 aliphatic rings. The van der Waals surface area contributed by atoms with Crippen LogP contribution >= 0.6 is 0 Å². The predicted octanol–water partition coefficient (Wildman–Crippen LogP) is 3.53. The predicted molar refractivity (Wildman–Crippen MR) is 90.0 cm³/mol. The van der Waals surface area contributed by atoms with E-state index in [1.807, 2.05) is 31.2 Å². The van der Waals surface area contributed by atoms with E-state index in [9.17, 15) is 8.42 Å². The van der Waals surface area contributed by atoms with E-state index in [0.29, 0.717) is 12.3 Å². The average molecular weight is 331 g/mol. The van der Waals surface area contributed by atoms with Crippen molar-refractivity contribution in [2.24, 2.45) is 0 Å². The van der Waals surface area contributed by atoms with Crippen LogP contribution in [0.4, 0.5) is 0 Å². The van der Waals surface area contributed by atoms with Crippen molar-refractivity contribution in [3.05, 3.63) is 59.7 Å². The van der Waals surface area contributed by atoms with Crippen molar-refractivity contribution < 1.29 is 13.2 Å². The molecular weight excluding hydrogens is 310 g/mol. The lowest BCUT2D eigenvalue weighted by molar-refractivity contribution is 0.381. The van der Waals surface area contributed by atoms with Crippen molar-refractivity contribution in [2.45, 2.75) is 30.7 Å². The molecule has 3 rings (SSSR count). The fourth-order valence-corrected chi connectivity index (χ4v) is 4.95. The minimum absolute atomic E-state index is 0.106. The maximum absolute atomic E-state index is 13.1. The molecule has 2 aromatic carbocycles. The Balaban J connectivity index is 2.00. The zero-order valence-corrected chi connectivity index (χ0v) is 14.2. The first-order valence-electron chi connectivity index (χ1n) is 7.75. The van der Waals surface area contributed by atoms with Crippen molar-refractivity contribution >= 4 is 10.0 Å². The van der Waals surface area contributed by atoms with Crippen LogP contribution in [-0.2, 0) is 10.0 Å². The summed E-state index contributed by atoms with van der Waals surface area (Å²) < 4.78 is 33.1. The summed E-state index contributed by atoms with van der Waals surface area (Å²) in [6.45, 7) is 2.57. The Hall–Kier alpha value is -1.85. The Morgan fingerprint density at radius 2 is 1.78 bits per heavy atom. The molecule has 5 heteroatoms. The number of ether oxygens (including phenoxy) is 1. The van der Waals surface area contributed by atoms with Gasteiger partial charge >= 0.3 is 0 Å². The number of methoxy groups -OCH3 is 1. The molecule has 0 amide bonds. The molecule has 0 aromatic heterocycles. The molecule has 1 saturated heterocycles. The molecule has 1 aliphatic heterocycles. The summed E-state index contributed by atoms with van der Waals surface area (Å²) in [7, 11) is -2.08. The molecule has 122 valence electrons. The van der Waals surface area contributed by atoms with E-state index in [4.69, 9.17) is 4.74 Å². The van der Waals surface area contributed by atoms with Crippen LogP contribution in [0.5, 0.6) is 5.75 Å². The summed E-state index contributed by atoms with van der Waals surface area (Å²) >= 11 is 0. The number of para-hydroxylation sites is 1. The number of sulfonamides is 1. The monoisotopic (exact) mass is 331 g/mol. The molecule has 4 nitrogen and oxygen atoms in total. The lowest BCUT2D eigenvalue weighted by Crippen LogP contribution is -2.31. The lowest BCUT2D eigenvalue weighted by atomic mass is 10.0. The molecule has 0 spiro atoms. The van der Waals surface area contributed by atoms with Crippen LogP contribution < -0.4 is 4.74 Å². The number of rotatable bonds is 4. The van der Waals surface area contributed by atoms with Gasteiger partial charge in [-0.2, -0.15) is 4.31 Å². The molecule has 0 N–H and O–H groups in total. The van der Waals surface area contributed by atoms with E-state index >= 15 is 0 Å². The highest BCUT2D eigenvalue weighted by atomic mass is 32.2. The summed E-state index contributed by atoms with van der Waals surface area (Å²) in [5.74, 6) is 0.391. The fraction of sp³-hybridized carbons (Fsp3) is 0.333. The highest BCUT2D eigenvalue weighted by Gasteiger charge is 2.37. The molecule has 0 radical (unpaired) electrons. The standard InChI is InChI=1S/C18H21NO3S/c1-14-9-11-15(12-10-14)16-6-5-13-19(16)23(20,21)18-8-4-3-7-17(18)22-2/h3-4,7-12,16H,5-6,13H2,1-2H3. The Labute approximate surface area is 137 Å². The van der Waals surface area contributed by atoms with Crippen LogP contribution in [0.1, 0.15) is 30.0 Å². The maximum Gasteiger partial charge on any atom is 0.247 e.